The number of aromatic nitrogens is 2. The molecular weight excluding hydrogens is 342 g/mol. The Morgan fingerprint density at radius 3 is 2.48 bits per heavy atom. The molecule has 0 aliphatic carbocycles. The number of carbonyl (C=O) groups is 1. The maximum atomic E-state index is 11.1. The molecule has 0 aliphatic rings. The molecule has 0 aliphatic heterocycles. The van der Waals surface area contributed by atoms with Gasteiger partial charge >= 0.3 is 0 Å². The van der Waals surface area contributed by atoms with Gasteiger partial charge in [-0.15, -0.1) is 0 Å². The molecule has 7 nitrogen and oxygen atoms in total. The fourth-order valence-corrected chi connectivity index (χ4v) is 2.45. The molecule has 3 rings (SSSR count). The van der Waals surface area contributed by atoms with Crippen molar-refractivity contribution in [3.8, 4) is 5.75 Å². The Morgan fingerprint density at radius 1 is 1.00 bits per heavy atom. The Kier molecular flexibility index (Phi) is 5.84. The van der Waals surface area contributed by atoms with Gasteiger partial charge in [0.05, 0.1) is 12.3 Å². The topological polar surface area (TPSA) is 88.2 Å². The quantitative estimate of drug-likeness (QED) is 0.579. The van der Waals surface area contributed by atoms with Crippen LogP contribution in [0.4, 0.5) is 28.8 Å². The van der Waals surface area contributed by atoms with Crippen LogP contribution in [0.1, 0.15) is 13.8 Å². The van der Waals surface area contributed by atoms with E-state index in [1.807, 2.05) is 55.5 Å². The van der Waals surface area contributed by atoms with Crippen LogP contribution in [0.15, 0.2) is 60.8 Å². The van der Waals surface area contributed by atoms with E-state index in [0.29, 0.717) is 18.4 Å². The predicted molar refractivity (Wildman–Crippen MR) is 107 cm³/mol. The average Bonchev–Trinajstić information content (AvgIpc) is 2.65. The molecular formula is C20H21N5O2. The first kappa shape index (κ1) is 18.2. The maximum Gasteiger partial charge on any atom is 0.229 e. The summed E-state index contributed by atoms with van der Waals surface area (Å²) >= 11 is 0. The lowest BCUT2D eigenvalue weighted by Gasteiger charge is -2.12. The van der Waals surface area contributed by atoms with Crippen LogP contribution in [-0.4, -0.2) is 22.5 Å². The third-order valence-electron chi connectivity index (χ3n) is 3.57. The van der Waals surface area contributed by atoms with Crippen molar-refractivity contribution in [2.24, 2.45) is 0 Å². The minimum absolute atomic E-state index is 0.102. The summed E-state index contributed by atoms with van der Waals surface area (Å²) in [6.45, 7) is 4.00. The van der Waals surface area contributed by atoms with Crippen LogP contribution < -0.4 is 20.7 Å². The molecule has 0 bridgehead atoms. The van der Waals surface area contributed by atoms with Crippen molar-refractivity contribution < 1.29 is 9.53 Å². The van der Waals surface area contributed by atoms with Crippen molar-refractivity contribution in [2.75, 3.05) is 22.6 Å². The monoisotopic (exact) mass is 363 g/mol. The van der Waals surface area contributed by atoms with E-state index >= 15 is 0 Å². The second-order valence-electron chi connectivity index (χ2n) is 5.70. The summed E-state index contributed by atoms with van der Waals surface area (Å²) in [6.07, 6.45) is 1.67. The Labute approximate surface area is 157 Å². The molecule has 2 aromatic carbocycles. The van der Waals surface area contributed by atoms with Crippen molar-refractivity contribution >= 4 is 34.7 Å². The van der Waals surface area contributed by atoms with Crippen molar-refractivity contribution in [3.63, 3.8) is 0 Å². The van der Waals surface area contributed by atoms with E-state index in [4.69, 9.17) is 4.74 Å². The Balaban J connectivity index is 1.71. The fraction of sp³-hybridized carbons (Fsp3) is 0.150. The molecule has 1 amide bonds. The highest BCUT2D eigenvalue weighted by atomic mass is 16.5. The van der Waals surface area contributed by atoms with Crippen LogP contribution in [0.25, 0.3) is 0 Å². The predicted octanol–water partition coefficient (Wildman–Crippen LogP) is 4.32. The van der Waals surface area contributed by atoms with Gasteiger partial charge in [0, 0.05) is 24.5 Å². The van der Waals surface area contributed by atoms with Gasteiger partial charge in [0.2, 0.25) is 11.9 Å². The van der Waals surface area contributed by atoms with Crippen LogP contribution in [0, 0.1) is 0 Å². The van der Waals surface area contributed by atoms with E-state index < -0.39 is 0 Å². The number of nitrogens with one attached hydrogen (secondary N) is 3. The molecule has 138 valence electrons. The summed E-state index contributed by atoms with van der Waals surface area (Å²) in [5.41, 5.74) is 2.39. The minimum atomic E-state index is -0.102. The highest BCUT2D eigenvalue weighted by Gasteiger charge is 2.06. The molecule has 0 fully saturated rings. The highest BCUT2D eigenvalue weighted by molar-refractivity contribution is 5.88. The van der Waals surface area contributed by atoms with E-state index in [2.05, 4.69) is 25.9 Å². The normalized spacial score (nSPS) is 10.1. The van der Waals surface area contributed by atoms with Crippen molar-refractivity contribution in [1.82, 2.24) is 9.97 Å². The standard InChI is InChI=1S/C20H21N5O2/c1-3-27-18-7-5-4-6-17(18)24-20-21-13-12-19(25-20)23-16-10-8-15(9-11-16)22-14(2)26/h4-13H,3H2,1-2H3,(H,22,26)(H2,21,23,24,25). The number of rotatable bonds is 7. The third-order valence-corrected chi connectivity index (χ3v) is 3.57. The van der Waals surface area contributed by atoms with Crippen molar-refractivity contribution in [1.29, 1.82) is 0 Å². The molecule has 0 saturated heterocycles. The lowest BCUT2D eigenvalue weighted by molar-refractivity contribution is -0.114. The SMILES string of the molecule is CCOc1ccccc1Nc1nccc(Nc2ccc(NC(C)=O)cc2)n1. The summed E-state index contributed by atoms with van der Waals surface area (Å²) in [5, 5.41) is 9.13. The molecule has 27 heavy (non-hydrogen) atoms. The van der Waals surface area contributed by atoms with Crippen molar-refractivity contribution in [2.45, 2.75) is 13.8 Å². The molecule has 0 saturated carbocycles. The van der Waals surface area contributed by atoms with E-state index in [0.717, 1.165) is 22.8 Å². The largest absolute Gasteiger partial charge is 0.492 e. The number of anilines is 5. The van der Waals surface area contributed by atoms with Crippen LogP contribution in [-0.2, 0) is 4.79 Å². The van der Waals surface area contributed by atoms with Gasteiger partial charge in [-0.1, -0.05) is 12.1 Å². The zero-order valence-electron chi connectivity index (χ0n) is 15.2. The van der Waals surface area contributed by atoms with Gasteiger partial charge in [-0.3, -0.25) is 4.79 Å². The van der Waals surface area contributed by atoms with Gasteiger partial charge in [-0.05, 0) is 49.4 Å². The number of hydrogen-bond acceptors (Lipinski definition) is 6. The van der Waals surface area contributed by atoms with E-state index in [1.54, 1.807) is 12.3 Å². The summed E-state index contributed by atoms with van der Waals surface area (Å²) in [5.74, 6) is 1.75. The first-order valence-corrected chi connectivity index (χ1v) is 8.60. The number of carbonyl (C=O) groups excluding carboxylic acids is 1. The van der Waals surface area contributed by atoms with E-state index in [1.165, 1.54) is 6.92 Å². The lowest BCUT2D eigenvalue weighted by Crippen LogP contribution is -2.05. The van der Waals surface area contributed by atoms with Crippen LogP contribution in [0.2, 0.25) is 0 Å². The molecule has 3 aromatic rings. The lowest BCUT2D eigenvalue weighted by atomic mass is 10.2. The Hall–Kier alpha value is -3.61. The molecule has 7 heteroatoms. The second kappa shape index (κ2) is 8.66. The number of hydrogen-bond donors (Lipinski definition) is 3. The first-order chi connectivity index (χ1) is 13.1. The zero-order chi connectivity index (χ0) is 19.1. The molecule has 0 atom stereocenters. The maximum absolute atomic E-state index is 11.1. The molecule has 1 heterocycles. The smallest absolute Gasteiger partial charge is 0.229 e. The zero-order valence-corrected chi connectivity index (χ0v) is 15.2. The average molecular weight is 363 g/mol. The molecule has 0 spiro atoms. The van der Waals surface area contributed by atoms with E-state index in [9.17, 15) is 4.79 Å². The van der Waals surface area contributed by atoms with Crippen molar-refractivity contribution in [3.05, 3.63) is 60.8 Å². The number of benzene rings is 2. The minimum Gasteiger partial charge on any atom is -0.492 e. The summed E-state index contributed by atoms with van der Waals surface area (Å²) in [4.78, 5) is 19.8. The fourth-order valence-electron chi connectivity index (χ4n) is 2.45. The molecule has 1 aromatic heterocycles. The van der Waals surface area contributed by atoms with Gasteiger partial charge in [-0.25, -0.2) is 4.98 Å². The molecule has 0 radical (unpaired) electrons. The number of amides is 1. The van der Waals surface area contributed by atoms with Gasteiger partial charge in [-0.2, -0.15) is 4.98 Å². The van der Waals surface area contributed by atoms with Gasteiger partial charge in [0.1, 0.15) is 11.6 Å². The van der Waals surface area contributed by atoms with Gasteiger partial charge in [0.15, 0.2) is 0 Å². The van der Waals surface area contributed by atoms with Gasteiger partial charge < -0.3 is 20.7 Å². The number of nitrogens with zero attached hydrogens (tertiary/aromatic N) is 2. The highest BCUT2D eigenvalue weighted by Crippen LogP contribution is 2.26. The third kappa shape index (κ3) is 5.18. The van der Waals surface area contributed by atoms with Crippen LogP contribution in [0.3, 0.4) is 0 Å². The number of para-hydroxylation sites is 2. The number of ether oxygens (including phenoxy) is 1. The molecule has 3 N–H and O–H groups in total. The van der Waals surface area contributed by atoms with Crippen LogP contribution in [0.5, 0.6) is 5.75 Å². The van der Waals surface area contributed by atoms with Crippen LogP contribution >= 0.6 is 0 Å². The summed E-state index contributed by atoms with van der Waals surface area (Å²) in [6, 6.07) is 16.8. The second-order valence-corrected chi connectivity index (χ2v) is 5.70. The summed E-state index contributed by atoms with van der Waals surface area (Å²) in [7, 11) is 0. The first-order valence-electron chi connectivity index (χ1n) is 8.60. The Bertz CT molecular complexity index is 912. The van der Waals surface area contributed by atoms with E-state index in [-0.39, 0.29) is 5.91 Å². The molecule has 0 unspecified atom stereocenters. The summed E-state index contributed by atoms with van der Waals surface area (Å²) < 4.78 is 5.61. The Morgan fingerprint density at radius 2 is 1.74 bits per heavy atom. The van der Waals surface area contributed by atoms with Gasteiger partial charge in [0.25, 0.3) is 0 Å².